The number of rotatable bonds is 2. The normalized spacial score (nSPS) is 27.6. The molecule has 1 atom stereocenters. The average Bonchev–Trinajstić information content (AvgIpc) is 2.62. The molecular weight excluding hydrogens is 318 g/mol. The second-order valence-corrected chi connectivity index (χ2v) is 7.54. The second kappa shape index (κ2) is 7.05. The Morgan fingerprint density at radius 3 is 2.60 bits per heavy atom. The second-order valence-electron chi connectivity index (χ2n) is 7.54. The van der Waals surface area contributed by atoms with Crippen molar-refractivity contribution in [1.82, 2.24) is 14.9 Å². The standard InChI is InChI=1S/C18H29N5O2/c1-14-12-16(21-17(19)20-14)23-7-5-22(6-8-23)15-2-9-25-18(13-15)3-10-24-11-4-18/h12,15H,2-11,13H2,1H3,(H2,19,20,21)/t15-/m1/s1. The third-order valence-corrected chi connectivity index (χ3v) is 5.88. The first-order chi connectivity index (χ1) is 12.1. The Labute approximate surface area is 149 Å². The molecule has 25 heavy (non-hydrogen) atoms. The molecule has 0 amide bonds. The fraction of sp³-hybridized carbons (Fsp3) is 0.778. The van der Waals surface area contributed by atoms with E-state index in [0.29, 0.717) is 12.0 Å². The molecule has 1 aromatic rings. The van der Waals surface area contributed by atoms with E-state index in [9.17, 15) is 0 Å². The summed E-state index contributed by atoms with van der Waals surface area (Å²) in [6, 6.07) is 2.66. The van der Waals surface area contributed by atoms with Crippen LogP contribution in [0.15, 0.2) is 6.07 Å². The number of aromatic nitrogens is 2. The zero-order valence-corrected chi connectivity index (χ0v) is 15.1. The van der Waals surface area contributed by atoms with E-state index in [-0.39, 0.29) is 5.60 Å². The van der Waals surface area contributed by atoms with E-state index < -0.39 is 0 Å². The van der Waals surface area contributed by atoms with E-state index in [1.54, 1.807) is 0 Å². The zero-order valence-electron chi connectivity index (χ0n) is 15.1. The summed E-state index contributed by atoms with van der Waals surface area (Å²) in [6.07, 6.45) is 4.38. The molecule has 3 fully saturated rings. The van der Waals surface area contributed by atoms with Gasteiger partial charge < -0.3 is 20.1 Å². The maximum atomic E-state index is 6.20. The predicted molar refractivity (Wildman–Crippen MR) is 96.7 cm³/mol. The van der Waals surface area contributed by atoms with Gasteiger partial charge >= 0.3 is 0 Å². The van der Waals surface area contributed by atoms with Gasteiger partial charge in [-0.1, -0.05) is 0 Å². The molecule has 7 heteroatoms. The van der Waals surface area contributed by atoms with Crippen molar-refractivity contribution < 1.29 is 9.47 Å². The van der Waals surface area contributed by atoms with Crippen molar-refractivity contribution in [1.29, 1.82) is 0 Å². The molecule has 3 saturated heterocycles. The number of aryl methyl sites for hydroxylation is 1. The molecule has 7 nitrogen and oxygen atoms in total. The maximum absolute atomic E-state index is 6.20. The third kappa shape index (κ3) is 3.73. The highest BCUT2D eigenvalue weighted by Gasteiger charge is 2.41. The summed E-state index contributed by atoms with van der Waals surface area (Å²) in [7, 11) is 0. The van der Waals surface area contributed by atoms with Crippen LogP contribution < -0.4 is 10.6 Å². The molecule has 0 saturated carbocycles. The minimum Gasteiger partial charge on any atom is -0.381 e. The highest BCUT2D eigenvalue weighted by molar-refractivity contribution is 5.43. The molecule has 1 spiro atoms. The molecule has 0 bridgehead atoms. The fourth-order valence-corrected chi connectivity index (χ4v) is 4.46. The summed E-state index contributed by atoms with van der Waals surface area (Å²) in [6.45, 7) is 8.65. The summed E-state index contributed by atoms with van der Waals surface area (Å²) in [4.78, 5) is 13.5. The van der Waals surface area contributed by atoms with Gasteiger partial charge in [-0.3, -0.25) is 4.90 Å². The van der Waals surface area contributed by atoms with Crippen LogP contribution >= 0.6 is 0 Å². The predicted octanol–water partition coefficient (Wildman–Crippen LogP) is 1.22. The highest BCUT2D eigenvalue weighted by atomic mass is 16.5. The average molecular weight is 347 g/mol. The molecule has 138 valence electrons. The Balaban J connectivity index is 1.36. The lowest BCUT2D eigenvalue weighted by Crippen LogP contribution is -2.56. The number of anilines is 2. The fourth-order valence-electron chi connectivity index (χ4n) is 4.46. The number of nitrogens with zero attached hydrogens (tertiary/aromatic N) is 4. The van der Waals surface area contributed by atoms with Gasteiger partial charge in [-0.2, -0.15) is 4.98 Å². The van der Waals surface area contributed by atoms with E-state index in [1.807, 2.05) is 13.0 Å². The van der Waals surface area contributed by atoms with E-state index in [0.717, 1.165) is 83.2 Å². The van der Waals surface area contributed by atoms with Crippen molar-refractivity contribution in [2.24, 2.45) is 0 Å². The first-order valence-electron chi connectivity index (χ1n) is 9.45. The number of nitrogens with two attached hydrogens (primary N) is 1. The van der Waals surface area contributed by atoms with Crippen LogP contribution in [-0.2, 0) is 9.47 Å². The number of nitrogen functional groups attached to an aromatic ring is 1. The Kier molecular flexibility index (Phi) is 4.80. The van der Waals surface area contributed by atoms with Gasteiger partial charge in [0.05, 0.1) is 5.60 Å². The number of piperazine rings is 1. The van der Waals surface area contributed by atoms with Crippen LogP contribution in [0.3, 0.4) is 0 Å². The van der Waals surface area contributed by atoms with E-state index in [4.69, 9.17) is 15.2 Å². The molecule has 0 unspecified atom stereocenters. The van der Waals surface area contributed by atoms with Gasteiger partial charge in [0.1, 0.15) is 5.82 Å². The molecule has 1 aromatic heterocycles. The summed E-state index contributed by atoms with van der Waals surface area (Å²) in [5.41, 5.74) is 6.80. The van der Waals surface area contributed by atoms with Gasteiger partial charge in [0.2, 0.25) is 5.95 Å². The maximum Gasteiger partial charge on any atom is 0.222 e. The van der Waals surface area contributed by atoms with Gasteiger partial charge in [0.15, 0.2) is 0 Å². The molecule has 2 N–H and O–H groups in total. The van der Waals surface area contributed by atoms with Crippen LogP contribution in [0.1, 0.15) is 31.4 Å². The molecule has 3 aliphatic rings. The van der Waals surface area contributed by atoms with Crippen molar-refractivity contribution in [2.45, 2.75) is 44.2 Å². The van der Waals surface area contributed by atoms with Crippen LogP contribution in [0.4, 0.5) is 11.8 Å². The van der Waals surface area contributed by atoms with Crippen molar-refractivity contribution in [3.63, 3.8) is 0 Å². The Hall–Kier alpha value is -1.44. The Morgan fingerprint density at radius 2 is 1.88 bits per heavy atom. The van der Waals surface area contributed by atoms with Gasteiger partial charge in [0.25, 0.3) is 0 Å². The summed E-state index contributed by atoms with van der Waals surface area (Å²) < 4.78 is 11.7. The van der Waals surface area contributed by atoms with Crippen molar-refractivity contribution in [2.75, 3.05) is 56.6 Å². The summed E-state index contributed by atoms with van der Waals surface area (Å²) >= 11 is 0. The molecule has 0 radical (unpaired) electrons. The summed E-state index contributed by atoms with van der Waals surface area (Å²) in [5, 5.41) is 0. The number of hydrogen-bond acceptors (Lipinski definition) is 7. The van der Waals surface area contributed by atoms with E-state index >= 15 is 0 Å². The first-order valence-corrected chi connectivity index (χ1v) is 9.45. The number of hydrogen-bond donors (Lipinski definition) is 1. The SMILES string of the molecule is Cc1cc(N2CCN([C@@H]3CCOC4(CCOCC4)C3)CC2)nc(N)n1. The first kappa shape index (κ1) is 17.0. The molecule has 4 rings (SSSR count). The molecular formula is C18H29N5O2. The lowest BCUT2D eigenvalue weighted by molar-refractivity contribution is -0.151. The zero-order chi connectivity index (χ0) is 17.3. The largest absolute Gasteiger partial charge is 0.381 e. The van der Waals surface area contributed by atoms with Gasteiger partial charge in [-0.05, 0) is 32.6 Å². The van der Waals surface area contributed by atoms with Crippen molar-refractivity contribution in [3.8, 4) is 0 Å². The van der Waals surface area contributed by atoms with E-state index in [2.05, 4.69) is 19.8 Å². The van der Waals surface area contributed by atoms with Crippen LogP contribution in [-0.4, -0.2) is 72.5 Å². The smallest absolute Gasteiger partial charge is 0.222 e. The lowest BCUT2D eigenvalue weighted by Gasteiger charge is -2.48. The monoisotopic (exact) mass is 347 g/mol. The minimum atomic E-state index is 0.0660. The molecule has 0 aliphatic carbocycles. The minimum absolute atomic E-state index is 0.0660. The van der Waals surface area contributed by atoms with Gasteiger partial charge in [-0.25, -0.2) is 4.98 Å². The quantitative estimate of drug-likeness (QED) is 0.862. The molecule has 4 heterocycles. The Bertz CT molecular complexity index is 571. The van der Waals surface area contributed by atoms with Crippen molar-refractivity contribution >= 4 is 11.8 Å². The van der Waals surface area contributed by atoms with Crippen LogP contribution in [0, 0.1) is 6.92 Å². The topological polar surface area (TPSA) is 76.7 Å². The Morgan fingerprint density at radius 1 is 1.12 bits per heavy atom. The summed E-state index contributed by atoms with van der Waals surface area (Å²) in [5.74, 6) is 1.32. The van der Waals surface area contributed by atoms with E-state index in [1.165, 1.54) is 0 Å². The van der Waals surface area contributed by atoms with Crippen molar-refractivity contribution in [3.05, 3.63) is 11.8 Å². The van der Waals surface area contributed by atoms with Crippen LogP contribution in [0.2, 0.25) is 0 Å². The molecule has 0 aromatic carbocycles. The van der Waals surface area contributed by atoms with Crippen LogP contribution in [0.25, 0.3) is 0 Å². The van der Waals surface area contributed by atoms with Crippen LogP contribution in [0.5, 0.6) is 0 Å². The lowest BCUT2D eigenvalue weighted by atomic mass is 9.83. The highest BCUT2D eigenvalue weighted by Crippen LogP contribution is 2.36. The van der Waals surface area contributed by atoms with Gasteiger partial charge in [-0.15, -0.1) is 0 Å². The third-order valence-electron chi connectivity index (χ3n) is 5.88. The van der Waals surface area contributed by atoms with Gasteiger partial charge in [0, 0.05) is 63.8 Å². The number of ether oxygens (including phenoxy) is 2. The molecule has 3 aliphatic heterocycles.